The Kier molecular flexibility index (Phi) is 5.76. The summed E-state index contributed by atoms with van der Waals surface area (Å²) >= 11 is 0. The number of alkyl halides is 2. The summed E-state index contributed by atoms with van der Waals surface area (Å²) in [5, 5.41) is 29.4. The molecule has 1 unspecified atom stereocenters. The number of aromatic nitrogens is 6. The fourth-order valence-electron chi connectivity index (χ4n) is 3.21. The average molecular weight is 469 g/mol. The molecule has 12 heteroatoms. The predicted molar refractivity (Wildman–Crippen MR) is 117 cm³/mol. The van der Waals surface area contributed by atoms with Crippen molar-refractivity contribution in [2.75, 3.05) is 5.73 Å². The van der Waals surface area contributed by atoms with E-state index in [1.54, 1.807) is 31.2 Å². The van der Waals surface area contributed by atoms with E-state index in [0.717, 1.165) is 6.92 Å². The maximum absolute atomic E-state index is 13.3. The van der Waals surface area contributed by atoms with Crippen molar-refractivity contribution in [1.82, 2.24) is 29.9 Å². The quantitative estimate of drug-likeness (QED) is 0.373. The van der Waals surface area contributed by atoms with Crippen LogP contribution in [0.3, 0.4) is 0 Å². The molecule has 3 aromatic heterocycles. The van der Waals surface area contributed by atoms with Gasteiger partial charge in [-0.05, 0) is 32.0 Å². The molecule has 0 saturated carbocycles. The number of hydrogen-bond acceptors (Lipinski definition) is 9. The minimum Gasteiger partial charge on any atom is -0.384 e. The van der Waals surface area contributed by atoms with E-state index in [1.165, 1.54) is 17.8 Å². The van der Waals surface area contributed by atoms with Gasteiger partial charge in [-0.2, -0.15) is 15.1 Å². The Labute approximate surface area is 192 Å². The van der Waals surface area contributed by atoms with Crippen LogP contribution in [0.25, 0.3) is 16.7 Å². The SMILES string of the molecule is Cc1nc([C@](C)(O)C#Cc2ccc3c(CC(C)(O)C(F)F)nn(-c4ccnc(N)n4)c3c2)no1. The highest BCUT2D eigenvalue weighted by molar-refractivity contribution is 5.85. The van der Waals surface area contributed by atoms with Crippen molar-refractivity contribution in [2.24, 2.45) is 0 Å². The molecule has 0 amide bonds. The highest BCUT2D eigenvalue weighted by Gasteiger charge is 2.34. The average Bonchev–Trinajstić information content (AvgIpc) is 3.36. The van der Waals surface area contributed by atoms with Gasteiger partial charge in [0.15, 0.2) is 11.4 Å². The molecule has 0 aliphatic rings. The van der Waals surface area contributed by atoms with E-state index in [4.69, 9.17) is 10.3 Å². The van der Waals surface area contributed by atoms with Crippen molar-refractivity contribution in [2.45, 2.75) is 44.8 Å². The summed E-state index contributed by atoms with van der Waals surface area (Å²) in [4.78, 5) is 12.0. The van der Waals surface area contributed by atoms with Crippen LogP contribution in [0, 0.1) is 18.8 Å². The van der Waals surface area contributed by atoms with Crippen LogP contribution in [-0.2, 0) is 12.0 Å². The van der Waals surface area contributed by atoms with Gasteiger partial charge in [0.05, 0.1) is 11.2 Å². The molecule has 4 N–H and O–H groups in total. The Morgan fingerprint density at radius 3 is 2.62 bits per heavy atom. The number of benzene rings is 1. The third-order valence-electron chi connectivity index (χ3n) is 5.04. The molecule has 176 valence electrons. The molecule has 10 nitrogen and oxygen atoms in total. The van der Waals surface area contributed by atoms with Gasteiger partial charge in [-0.15, -0.1) is 0 Å². The van der Waals surface area contributed by atoms with Gasteiger partial charge in [0.25, 0.3) is 6.43 Å². The Morgan fingerprint density at radius 1 is 1.21 bits per heavy atom. The number of aryl methyl sites for hydroxylation is 1. The first-order chi connectivity index (χ1) is 16.0. The van der Waals surface area contributed by atoms with Gasteiger partial charge in [-0.3, -0.25) is 0 Å². The molecule has 0 saturated heterocycles. The first kappa shape index (κ1) is 23.2. The molecular formula is C22H21F2N7O3. The van der Waals surface area contributed by atoms with E-state index in [9.17, 15) is 19.0 Å². The van der Waals surface area contributed by atoms with Crippen molar-refractivity contribution in [1.29, 1.82) is 0 Å². The molecule has 2 atom stereocenters. The lowest BCUT2D eigenvalue weighted by atomic mass is 9.98. The van der Waals surface area contributed by atoms with Crippen LogP contribution in [0.1, 0.15) is 36.8 Å². The van der Waals surface area contributed by atoms with Crippen LogP contribution in [0.5, 0.6) is 0 Å². The number of nitrogen functional groups attached to an aromatic ring is 1. The molecule has 4 aromatic rings. The first-order valence-corrected chi connectivity index (χ1v) is 10.1. The van der Waals surface area contributed by atoms with Crippen molar-refractivity contribution >= 4 is 16.9 Å². The summed E-state index contributed by atoms with van der Waals surface area (Å²) in [5.41, 5.74) is 2.96. The summed E-state index contributed by atoms with van der Waals surface area (Å²) in [7, 11) is 0. The standard InChI is InChI=1S/C22H21F2N7O3/c1-12-27-19(30-34-12)21(2,32)8-6-13-4-5-14-15(11-22(3,33)18(23)24)29-31(16(14)10-13)17-7-9-26-20(25)28-17/h4-5,7,9-10,18,32-33H,11H2,1-3H3,(H2,25,26,28)/t21-,22?/m1/s1. The van der Waals surface area contributed by atoms with Crippen LogP contribution in [0.2, 0.25) is 0 Å². The normalized spacial score (nSPS) is 15.1. The Bertz CT molecular complexity index is 1420. The summed E-state index contributed by atoms with van der Waals surface area (Å²) in [6.07, 6.45) is -1.93. The number of aliphatic hydroxyl groups is 2. The van der Waals surface area contributed by atoms with E-state index in [-0.39, 0.29) is 17.5 Å². The van der Waals surface area contributed by atoms with Crippen LogP contribution in [-0.4, -0.2) is 52.1 Å². The lowest BCUT2D eigenvalue weighted by molar-refractivity contribution is -0.0825. The van der Waals surface area contributed by atoms with Crippen LogP contribution in [0.15, 0.2) is 35.0 Å². The van der Waals surface area contributed by atoms with E-state index in [0.29, 0.717) is 28.2 Å². The number of halogens is 2. The second kappa shape index (κ2) is 8.44. The van der Waals surface area contributed by atoms with Gasteiger partial charge in [0.1, 0.15) is 5.60 Å². The number of fused-ring (bicyclic) bond motifs is 1. The van der Waals surface area contributed by atoms with Crippen molar-refractivity contribution in [3.8, 4) is 17.7 Å². The highest BCUT2D eigenvalue weighted by Crippen LogP contribution is 2.28. The molecule has 34 heavy (non-hydrogen) atoms. The van der Waals surface area contributed by atoms with Gasteiger partial charge in [0.2, 0.25) is 17.7 Å². The number of anilines is 1. The van der Waals surface area contributed by atoms with Gasteiger partial charge in [0, 0.05) is 36.6 Å². The monoisotopic (exact) mass is 469 g/mol. The first-order valence-electron chi connectivity index (χ1n) is 10.1. The zero-order valence-electron chi connectivity index (χ0n) is 18.5. The predicted octanol–water partition coefficient (Wildman–Crippen LogP) is 1.91. The van der Waals surface area contributed by atoms with Gasteiger partial charge >= 0.3 is 0 Å². The third-order valence-corrected chi connectivity index (χ3v) is 5.04. The van der Waals surface area contributed by atoms with E-state index in [2.05, 4.69) is 37.0 Å². The molecule has 0 bridgehead atoms. The van der Waals surface area contributed by atoms with E-state index >= 15 is 0 Å². The molecule has 0 aliphatic carbocycles. The number of rotatable bonds is 5. The lowest BCUT2D eigenvalue weighted by Crippen LogP contribution is -2.36. The third kappa shape index (κ3) is 4.57. The second-order valence-corrected chi connectivity index (χ2v) is 8.16. The molecule has 0 radical (unpaired) electrons. The van der Waals surface area contributed by atoms with Gasteiger partial charge < -0.3 is 20.5 Å². The fraction of sp³-hybridized carbons (Fsp3) is 0.318. The van der Waals surface area contributed by atoms with Crippen LogP contribution in [0.4, 0.5) is 14.7 Å². The Balaban J connectivity index is 1.82. The van der Waals surface area contributed by atoms with Gasteiger partial charge in [-0.1, -0.05) is 17.0 Å². The number of nitrogens with zero attached hydrogens (tertiary/aromatic N) is 6. The lowest BCUT2D eigenvalue weighted by Gasteiger charge is -2.20. The molecule has 0 spiro atoms. The topological polar surface area (TPSA) is 149 Å². The van der Waals surface area contributed by atoms with Crippen LogP contribution >= 0.6 is 0 Å². The minimum absolute atomic E-state index is 0.00433. The van der Waals surface area contributed by atoms with E-state index in [1.807, 2.05) is 0 Å². The minimum atomic E-state index is -2.97. The molecule has 1 aromatic carbocycles. The summed E-state index contributed by atoms with van der Waals surface area (Å²) in [6, 6.07) is 6.51. The molecule has 0 fully saturated rings. The smallest absolute Gasteiger partial charge is 0.266 e. The largest absolute Gasteiger partial charge is 0.384 e. The summed E-state index contributed by atoms with van der Waals surface area (Å²) in [6.45, 7) is 4.08. The maximum atomic E-state index is 13.3. The highest BCUT2D eigenvalue weighted by atomic mass is 19.3. The van der Waals surface area contributed by atoms with Crippen LogP contribution < -0.4 is 5.73 Å². The molecule has 4 rings (SSSR count). The Hall–Kier alpha value is -3.95. The molecule has 0 aliphatic heterocycles. The van der Waals surface area contributed by atoms with Crippen molar-refractivity contribution in [3.05, 3.63) is 53.4 Å². The summed E-state index contributed by atoms with van der Waals surface area (Å²) in [5.74, 6) is 6.19. The maximum Gasteiger partial charge on any atom is 0.266 e. The van der Waals surface area contributed by atoms with Gasteiger partial charge in [-0.25, -0.2) is 18.4 Å². The zero-order valence-corrected chi connectivity index (χ0v) is 18.5. The number of hydrogen-bond donors (Lipinski definition) is 3. The molecular weight excluding hydrogens is 448 g/mol. The second-order valence-electron chi connectivity index (χ2n) is 8.16. The Morgan fingerprint density at radius 2 is 1.97 bits per heavy atom. The fourth-order valence-corrected chi connectivity index (χ4v) is 3.21. The van der Waals surface area contributed by atoms with Crippen molar-refractivity contribution < 1.29 is 23.5 Å². The number of nitrogens with two attached hydrogens (primary N) is 1. The molecule has 3 heterocycles. The summed E-state index contributed by atoms with van der Waals surface area (Å²) < 4.78 is 32.9. The van der Waals surface area contributed by atoms with Crippen molar-refractivity contribution in [3.63, 3.8) is 0 Å². The van der Waals surface area contributed by atoms with E-state index < -0.39 is 24.0 Å². The zero-order chi connectivity index (χ0) is 24.7.